The third-order valence-electron chi connectivity index (χ3n) is 17.2. The summed E-state index contributed by atoms with van der Waals surface area (Å²) >= 11 is 0. The summed E-state index contributed by atoms with van der Waals surface area (Å²) in [6.45, 7) is 2.56. The van der Waals surface area contributed by atoms with E-state index >= 15 is 0 Å². The summed E-state index contributed by atoms with van der Waals surface area (Å²) in [7, 11) is -9.79. The normalized spacial score (nSPS) is 14.6. The lowest BCUT2D eigenvalue weighted by Gasteiger charge is -2.21. The number of aliphatic hydroxyl groups is 2. The quantitative estimate of drug-likeness (QED) is 0.0146. The Kier molecular flexibility index (Phi) is 74.5. The molecular formula is C85H148O16P2. The van der Waals surface area contributed by atoms with Crippen LogP contribution in [-0.4, -0.2) is 95.9 Å². The van der Waals surface area contributed by atoms with Gasteiger partial charge < -0.3 is 34.2 Å². The fourth-order valence-corrected chi connectivity index (χ4v) is 12.6. The van der Waals surface area contributed by atoms with Crippen LogP contribution in [0.15, 0.2) is 122 Å². The second-order valence-corrected chi connectivity index (χ2v) is 30.1. The molecule has 0 fully saturated rings. The summed E-state index contributed by atoms with van der Waals surface area (Å²) in [6.07, 6.45) is 92.3. The van der Waals surface area contributed by atoms with Crippen LogP contribution in [0.2, 0.25) is 0 Å². The molecule has 5 atom stereocenters. The van der Waals surface area contributed by atoms with Crippen LogP contribution in [0.3, 0.4) is 0 Å². The van der Waals surface area contributed by atoms with E-state index in [1.807, 2.05) is 0 Å². The Labute approximate surface area is 627 Å². The predicted octanol–water partition coefficient (Wildman–Crippen LogP) is 24.1. The largest absolute Gasteiger partial charge is 0.472 e. The number of ether oxygens (including phenoxy) is 3. The lowest BCUT2D eigenvalue weighted by Crippen LogP contribution is -2.30. The van der Waals surface area contributed by atoms with Crippen LogP contribution in [0.25, 0.3) is 0 Å². The first-order chi connectivity index (χ1) is 50.2. The van der Waals surface area contributed by atoms with Crippen molar-refractivity contribution in [2.75, 3.05) is 39.6 Å². The maximum absolute atomic E-state index is 13.0. The Bertz CT molecular complexity index is 2360. The van der Waals surface area contributed by atoms with Crippen molar-refractivity contribution in [3.63, 3.8) is 0 Å². The Balaban J connectivity index is 4.58. The summed E-state index contributed by atoms with van der Waals surface area (Å²) in [4.78, 5) is 58.7. The van der Waals surface area contributed by atoms with Crippen LogP contribution >= 0.6 is 15.6 Å². The highest BCUT2D eigenvalue weighted by Crippen LogP contribution is 2.45. The van der Waals surface area contributed by atoms with E-state index < -0.39 is 91.5 Å². The average Bonchev–Trinajstić information content (AvgIpc) is 0.918. The van der Waals surface area contributed by atoms with Gasteiger partial charge in [-0.1, -0.05) is 328 Å². The van der Waals surface area contributed by atoms with Gasteiger partial charge in [0.05, 0.1) is 26.4 Å². The van der Waals surface area contributed by atoms with Crippen molar-refractivity contribution in [1.29, 1.82) is 0 Å². The molecule has 0 amide bonds. The number of unbranched alkanes of at least 4 members (excludes halogenated alkanes) is 34. The highest BCUT2D eigenvalue weighted by molar-refractivity contribution is 7.47. The fraction of sp³-hybridized carbons (Fsp3) is 0.729. The average molecular weight is 1490 g/mol. The van der Waals surface area contributed by atoms with Crippen molar-refractivity contribution in [3.8, 4) is 0 Å². The molecule has 594 valence electrons. The molecule has 0 aromatic heterocycles. The number of carbonyl (C=O) groups excluding carboxylic acids is 3. The molecule has 0 aliphatic carbocycles. The molecule has 0 spiro atoms. The summed E-state index contributed by atoms with van der Waals surface area (Å²) in [6, 6.07) is 0. The Morgan fingerprint density at radius 2 is 0.515 bits per heavy atom. The molecule has 0 saturated carbocycles. The number of aliphatic hydroxyl groups excluding tert-OH is 2. The molecule has 0 aliphatic heterocycles. The van der Waals surface area contributed by atoms with Crippen molar-refractivity contribution in [2.24, 2.45) is 0 Å². The number of hydrogen-bond acceptors (Lipinski definition) is 14. The topological polar surface area (TPSA) is 231 Å². The van der Waals surface area contributed by atoms with Crippen molar-refractivity contribution in [1.82, 2.24) is 0 Å². The first-order valence-corrected chi connectivity index (χ1v) is 43.8. The Morgan fingerprint density at radius 1 is 0.282 bits per heavy atom. The zero-order valence-electron chi connectivity index (χ0n) is 65.0. The molecule has 0 saturated heterocycles. The monoisotopic (exact) mass is 1490 g/mol. The van der Waals surface area contributed by atoms with Crippen molar-refractivity contribution < 1.29 is 75.8 Å². The van der Waals surface area contributed by atoms with E-state index in [1.54, 1.807) is 0 Å². The molecule has 0 aliphatic rings. The summed E-state index contributed by atoms with van der Waals surface area (Å²) in [5.41, 5.74) is 0. The van der Waals surface area contributed by atoms with E-state index in [4.69, 9.17) is 32.3 Å². The van der Waals surface area contributed by atoms with Crippen LogP contribution in [0.5, 0.6) is 0 Å². The van der Waals surface area contributed by atoms with Gasteiger partial charge in [0.25, 0.3) is 0 Å². The van der Waals surface area contributed by atoms with Gasteiger partial charge in [-0.15, -0.1) is 0 Å². The molecule has 103 heavy (non-hydrogen) atoms. The number of phosphoric ester groups is 2. The standard InChI is InChI=1S/C85H148O16P2/c1-4-7-10-13-16-19-22-25-28-30-32-34-36-38-39-41-43-44-46-48-51-53-56-59-62-65-68-71-83(88)95-74-80(86)75-97-102(91,92)98-76-81(87)77-99-103(93,94)100-79-82(101-85(90)73-70-67-64-61-58-55-50-27-24-21-18-15-12-9-6-3)78-96-84(89)72-69-66-63-60-57-54-52-49-47-45-42-40-37-35-33-31-29-26-23-20-17-14-11-8-5-2/h8,11,16-17,19-20,25-26,28-29,32-35,38-40,42,47,49,80-82,86-87H,4-7,9-10,12-15,18,21-24,27,30-31,36-37,41,43-46,48,50-79H2,1-3H3,(H,91,92)(H,93,94)/b11-8-,19-16-,20-17-,28-25-,29-26-,34-32-,35-33-,39-38-,42-40-,49-47-. The van der Waals surface area contributed by atoms with E-state index in [2.05, 4.69) is 142 Å². The van der Waals surface area contributed by atoms with Crippen molar-refractivity contribution in [2.45, 2.75) is 360 Å². The lowest BCUT2D eigenvalue weighted by atomic mass is 10.0. The Hall–Kier alpha value is -4.05. The van der Waals surface area contributed by atoms with E-state index in [9.17, 15) is 43.5 Å². The van der Waals surface area contributed by atoms with Crippen LogP contribution in [0, 0.1) is 0 Å². The van der Waals surface area contributed by atoms with Gasteiger partial charge in [0, 0.05) is 19.3 Å². The summed E-state index contributed by atoms with van der Waals surface area (Å²) in [5.74, 6) is -1.58. The predicted molar refractivity (Wildman–Crippen MR) is 427 cm³/mol. The summed E-state index contributed by atoms with van der Waals surface area (Å²) in [5, 5.41) is 20.7. The molecule has 4 N–H and O–H groups in total. The summed E-state index contributed by atoms with van der Waals surface area (Å²) < 4.78 is 61.2. The molecule has 16 nitrogen and oxygen atoms in total. The first kappa shape index (κ1) is 98.9. The van der Waals surface area contributed by atoms with Gasteiger partial charge >= 0.3 is 33.6 Å². The van der Waals surface area contributed by atoms with Gasteiger partial charge in [-0.3, -0.25) is 32.5 Å². The molecule has 5 unspecified atom stereocenters. The number of rotatable bonds is 77. The van der Waals surface area contributed by atoms with E-state index in [1.165, 1.54) is 135 Å². The smallest absolute Gasteiger partial charge is 0.463 e. The highest BCUT2D eigenvalue weighted by Gasteiger charge is 2.29. The second-order valence-electron chi connectivity index (χ2n) is 27.2. The number of carbonyl (C=O) groups is 3. The minimum atomic E-state index is -4.93. The zero-order valence-corrected chi connectivity index (χ0v) is 66.7. The molecule has 0 heterocycles. The van der Waals surface area contributed by atoms with E-state index in [0.29, 0.717) is 19.3 Å². The van der Waals surface area contributed by atoms with Crippen LogP contribution in [0.1, 0.15) is 342 Å². The molecule has 0 bridgehead atoms. The van der Waals surface area contributed by atoms with Gasteiger partial charge in [0.15, 0.2) is 6.10 Å². The maximum atomic E-state index is 13.0. The third-order valence-corrected chi connectivity index (χ3v) is 19.1. The second kappa shape index (κ2) is 77.6. The van der Waals surface area contributed by atoms with Gasteiger partial charge in [0.1, 0.15) is 25.4 Å². The molecule has 18 heteroatoms. The number of hydrogen-bond donors (Lipinski definition) is 4. The van der Waals surface area contributed by atoms with Crippen molar-refractivity contribution in [3.05, 3.63) is 122 Å². The zero-order chi connectivity index (χ0) is 75.2. The van der Waals surface area contributed by atoms with Gasteiger partial charge in [-0.25, -0.2) is 9.13 Å². The van der Waals surface area contributed by atoms with Crippen molar-refractivity contribution >= 4 is 33.6 Å². The molecule has 0 aromatic rings. The van der Waals surface area contributed by atoms with Crippen LogP contribution in [0.4, 0.5) is 0 Å². The molecular weight excluding hydrogens is 1340 g/mol. The lowest BCUT2D eigenvalue weighted by molar-refractivity contribution is -0.161. The van der Waals surface area contributed by atoms with Crippen LogP contribution in [-0.2, 0) is 55.8 Å². The molecule has 0 aromatic carbocycles. The maximum Gasteiger partial charge on any atom is 0.472 e. The number of phosphoric acid groups is 2. The Morgan fingerprint density at radius 3 is 0.835 bits per heavy atom. The third kappa shape index (κ3) is 78.8. The van der Waals surface area contributed by atoms with Crippen LogP contribution < -0.4 is 0 Å². The SMILES string of the molecule is CC/C=C\C/C=C\C/C=C\C/C=C\C/C=C\C/C=C\CCCCCCCCC(=O)OCC(COP(=O)(O)OCC(O)COP(=O)(O)OCC(O)COC(=O)CCCCCCCCCCCCC/C=C\C/C=C\C/C=C\C/C=C\CCCCC)OC(=O)CCCCCCCCCCCCCCCCC. The van der Waals surface area contributed by atoms with Gasteiger partial charge in [-0.2, -0.15) is 0 Å². The van der Waals surface area contributed by atoms with Gasteiger partial charge in [-0.05, 0) is 116 Å². The first-order valence-electron chi connectivity index (χ1n) is 40.8. The minimum absolute atomic E-state index is 0.103. The number of esters is 3. The van der Waals surface area contributed by atoms with E-state index in [0.717, 1.165) is 148 Å². The molecule has 0 rings (SSSR count). The van der Waals surface area contributed by atoms with Gasteiger partial charge in [0.2, 0.25) is 0 Å². The fourth-order valence-electron chi connectivity index (χ4n) is 11.0. The van der Waals surface area contributed by atoms with E-state index in [-0.39, 0.29) is 19.3 Å². The number of allylic oxidation sites excluding steroid dienone is 20. The minimum Gasteiger partial charge on any atom is -0.463 e. The highest BCUT2D eigenvalue weighted by atomic mass is 31.2. The molecule has 0 radical (unpaired) electrons.